The molecule has 0 saturated carbocycles. The smallest absolute Gasteiger partial charge is 0.190 e. The summed E-state index contributed by atoms with van der Waals surface area (Å²) in [4.78, 5) is 0. The lowest BCUT2D eigenvalue weighted by molar-refractivity contribution is -0.215. The molecule has 4 heteroatoms. The molecule has 0 amide bonds. The van der Waals surface area contributed by atoms with Gasteiger partial charge in [0.05, 0.1) is 6.10 Å². The first kappa shape index (κ1) is 11.1. The van der Waals surface area contributed by atoms with E-state index in [0.29, 0.717) is 0 Å². The van der Waals surface area contributed by atoms with Crippen LogP contribution in [-0.2, 0) is 14.2 Å². The molecule has 86 valence electrons. The van der Waals surface area contributed by atoms with Gasteiger partial charge in [0.15, 0.2) is 12.1 Å². The molecule has 0 aromatic carbocycles. The fourth-order valence-electron chi connectivity index (χ4n) is 2.08. The van der Waals surface area contributed by atoms with Crippen molar-refractivity contribution in [3.8, 4) is 0 Å². The normalized spacial score (nSPS) is 42.9. The minimum Gasteiger partial charge on any atom is -0.387 e. The highest BCUT2D eigenvalue weighted by atomic mass is 16.8. The van der Waals surface area contributed by atoms with Crippen molar-refractivity contribution in [2.75, 3.05) is 0 Å². The van der Waals surface area contributed by atoms with E-state index in [4.69, 9.17) is 14.2 Å². The second kappa shape index (κ2) is 3.87. The Kier molecular flexibility index (Phi) is 2.85. The largest absolute Gasteiger partial charge is 0.387 e. The topological polar surface area (TPSA) is 47.9 Å². The fraction of sp³-hybridized carbons (Fsp3) is 0.818. The molecule has 0 aromatic rings. The summed E-state index contributed by atoms with van der Waals surface area (Å²) in [6.45, 7) is 7.28. The molecular weight excluding hydrogens is 196 g/mol. The quantitative estimate of drug-likeness (QED) is 0.717. The Hall–Kier alpha value is -0.420. The van der Waals surface area contributed by atoms with Crippen LogP contribution in [-0.4, -0.2) is 35.5 Å². The van der Waals surface area contributed by atoms with Crippen molar-refractivity contribution >= 4 is 0 Å². The third kappa shape index (κ3) is 2.08. The van der Waals surface area contributed by atoms with Crippen LogP contribution in [0.5, 0.6) is 0 Å². The molecule has 15 heavy (non-hydrogen) atoms. The highest BCUT2D eigenvalue weighted by Crippen LogP contribution is 2.38. The Bertz CT molecular complexity index is 251. The molecule has 2 aliphatic rings. The predicted molar refractivity (Wildman–Crippen MR) is 54.1 cm³/mol. The molecule has 4 nitrogen and oxygen atoms in total. The van der Waals surface area contributed by atoms with Gasteiger partial charge in [0.2, 0.25) is 0 Å². The third-order valence-electron chi connectivity index (χ3n) is 2.77. The van der Waals surface area contributed by atoms with E-state index < -0.39 is 18.2 Å². The summed E-state index contributed by atoms with van der Waals surface area (Å²) < 4.78 is 16.7. The number of aliphatic hydroxyl groups excluding tert-OH is 1. The van der Waals surface area contributed by atoms with Gasteiger partial charge in [-0.25, -0.2) is 0 Å². The summed E-state index contributed by atoms with van der Waals surface area (Å²) in [5, 5.41) is 9.95. The molecule has 0 radical (unpaired) electrons. The summed E-state index contributed by atoms with van der Waals surface area (Å²) in [5.74, 6) is -0.653. The standard InChI is InChI=1S/C11H18O4/c1-4-5-6-7-8(12)9-10(13-7)15-11(2,3)14-9/h4,7-10,12H,1,5-6H2,2-3H3/t7-,8-,9+,10+/m0/s1. The Morgan fingerprint density at radius 2 is 2.13 bits per heavy atom. The second-order valence-electron chi connectivity index (χ2n) is 4.50. The van der Waals surface area contributed by atoms with Crippen LogP contribution in [0.3, 0.4) is 0 Å². The van der Waals surface area contributed by atoms with E-state index in [9.17, 15) is 5.11 Å². The van der Waals surface area contributed by atoms with Gasteiger partial charge < -0.3 is 19.3 Å². The maximum absolute atomic E-state index is 9.95. The first-order valence-electron chi connectivity index (χ1n) is 5.33. The molecular formula is C11H18O4. The Balaban J connectivity index is 1.95. The average Bonchev–Trinajstić information content (AvgIpc) is 2.58. The lowest BCUT2D eigenvalue weighted by atomic mass is 10.1. The van der Waals surface area contributed by atoms with E-state index in [2.05, 4.69) is 6.58 Å². The lowest BCUT2D eigenvalue weighted by Crippen LogP contribution is -2.34. The zero-order valence-electron chi connectivity index (χ0n) is 9.18. The Labute approximate surface area is 89.8 Å². The SMILES string of the molecule is C=CCC[C@@H]1O[C@@H]2OC(C)(C)O[C@@H]2[C@H]1O. The molecule has 2 rings (SSSR count). The van der Waals surface area contributed by atoms with Crippen LogP contribution in [0.2, 0.25) is 0 Å². The van der Waals surface area contributed by atoms with Crippen LogP contribution in [0, 0.1) is 0 Å². The highest BCUT2D eigenvalue weighted by molar-refractivity contribution is 4.93. The number of rotatable bonds is 3. The predicted octanol–water partition coefficient (Wildman–Crippen LogP) is 1.19. The van der Waals surface area contributed by atoms with Crippen LogP contribution in [0.15, 0.2) is 12.7 Å². The molecule has 2 saturated heterocycles. The average molecular weight is 214 g/mol. The summed E-state index contributed by atoms with van der Waals surface area (Å²) in [6.07, 6.45) is 1.82. The van der Waals surface area contributed by atoms with Gasteiger partial charge >= 0.3 is 0 Å². The number of aliphatic hydroxyl groups is 1. The van der Waals surface area contributed by atoms with E-state index in [-0.39, 0.29) is 12.2 Å². The van der Waals surface area contributed by atoms with Crippen LogP contribution < -0.4 is 0 Å². The lowest BCUT2D eigenvalue weighted by Gasteiger charge is -2.22. The molecule has 0 bridgehead atoms. The molecule has 1 N–H and O–H groups in total. The van der Waals surface area contributed by atoms with Crippen molar-refractivity contribution in [2.24, 2.45) is 0 Å². The fourth-order valence-corrected chi connectivity index (χ4v) is 2.08. The number of ether oxygens (including phenoxy) is 3. The van der Waals surface area contributed by atoms with Crippen molar-refractivity contribution in [2.45, 2.75) is 57.1 Å². The van der Waals surface area contributed by atoms with E-state index in [1.54, 1.807) is 0 Å². The molecule has 2 heterocycles. The van der Waals surface area contributed by atoms with Gasteiger partial charge in [-0.15, -0.1) is 6.58 Å². The van der Waals surface area contributed by atoms with Crippen molar-refractivity contribution in [1.29, 1.82) is 0 Å². The van der Waals surface area contributed by atoms with Gasteiger partial charge in [-0.1, -0.05) is 6.08 Å². The Morgan fingerprint density at radius 3 is 2.73 bits per heavy atom. The number of fused-ring (bicyclic) bond motifs is 1. The van der Waals surface area contributed by atoms with Crippen molar-refractivity contribution in [1.82, 2.24) is 0 Å². The van der Waals surface area contributed by atoms with E-state index in [1.165, 1.54) is 0 Å². The molecule has 2 aliphatic heterocycles. The molecule has 0 spiro atoms. The van der Waals surface area contributed by atoms with Crippen LogP contribution >= 0.6 is 0 Å². The number of hydrogen-bond acceptors (Lipinski definition) is 4. The molecule has 0 unspecified atom stereocenters. The number of hydrogen-bond donors (Lipinski definition) is 1. The van der Waals surface area contributed by atoms with Gasteiger partial charge in [-0.3, -0.25) is 0 Å². The summed E-state index contributed by atoms with van der Waals surface area (Å²) >= 11 is 0. The summed E-state index contributed by atoms with van der Waals surface area (Å²) in [6, 6.07) is 0. The van der Waals surface area contributed by atoms with Gasteiger partial charge in [-0.2, -0.15) is 0 Å². The Morgan fingerprint density at radius 1 is 1.40 bits per heavy atom. The van der Waals surface area contributed by atoms with Crippen LogP contribution in [0.25, 0.3) is 0 Å². The van der Waals surface area contributed by atoms with Gasteiger partial charge in [0, 0.05) is 0 Å². The summed E-state index contributed by atoms with van der Waals surface area (Å²) in [7, 11) is 0. The minimum absolute atomic E-state index is 0.200. The maximum Gasteiger partial charge on any atom is 0.190 e. The van der Waals surface area contributed by atoms with Crippen LogP contribution in [0.1, 0.15) is 26.7 Å². The van der Waals surface area contributed by atoms with E-state index in [0.717, 1.165) is 12.8 Å². The van der Waals surface area contributed by atoms with Crippen molar-refractivity contribution in [3.05, 3.63) is 12.7 Å². The van der Waals surface area contributed by atoms with Crippen LogP contribution in [0.4, 0.5) is 0 Å². The van der Waals surface area contributed by atoms with E-state index in [1.807, 2.05) is 19.9 Å². The molecule has 4 atom stereocenters. The van der Waals surface area contributed by atoms with Crippen molar-refractivity contribution < 1.29 is 19.3 Å². The van der Waals surface area contributed by atoms with E-state index >= 15 is 0 Å². The zero-order valence-corrected chi connectivity index (χ0v) is 9.18. The first-order chi connectivity index (χ1) is 7.03. The van der Waals surface area contributed by atoms with Gasteiger partial charge in [0.1, 0.15) is 12.2 Å². The monoisotopic (exact) mass is 214 g/mol. The van der Waals surface area contributed by atoms with Gasteiger partial charge in [-0.05, 0) is 26.7 Å². The second-order valence-corrected chi connectivity index (χ2v) is 4.50. The van der Waals surface area contributed by atoms with Gasteiger partial charge in [0.25, 0.3) is 0 Å². The zero-order chi connectivity index (χ0) is 11.1. The number of allylic oxidation sites excluding steroid dienone is 1. The maximum atomic E-state index is 9.95. The summed E-state index contributed by atoms with van der Waals surface area (Å²) in [5.41, 5.74) is 0. The molecule has 2 fully saturated rings. The molecule has 0 aromatic heterocycles. The first-order valence-corrected chi connectivity index (χ1v) is 5.33. The highest BCUT2D eigenvalue weighted by Gasteiger charge is 2.53. The minimum atomic E-state index is -0.653. The van der Waals surface area contributed by atoms with Crippen molar-refractivity contribution in [3.63, 3.8) is 0 Å². The molecule has 0 aliphatic carbocycles. The third-order valence-corrected chi connectivity index (χ3v) is 2.77.